The van der Waals surface area contributed by atoms with E-state index in [9.17, 15) is 4.79 Å². The van der Waals surface area contributed by atoms with Gasteiger partial charge in [-0.15, -0.1) is 11.3 Å². The number of thiazole rings is 1. The molecule has 2 heterocycles. The third-order valence-corrected chi connectivity index (χ3v) is 4.60. The van der Waals surface area contributed by atoms with Gasteiger partial charge in [-0.25, -0.2) is 9.78 Å². The Bertz CT molecular complexity index is 765. The number of thiophene rings is 1. The first-order chi connectivity index (χ1) is 10.8. The summed E-state index contributed by atoms with van der Waals surface area (Å²) in [6, 6.07) is 8.91. The average molecular weight is 331 g/mol. The Hall–Kier alpha value is -2.18. The lowest BCUT2D eigenvalue weighted by molar-refractivity contribution is 0.0468. The van der Waals surface area contributed by atoms with Crippen molar-refractivity contribution in [1.29, 1.82) is 0 Å². The number of rotatable bonds is 5. The molecule has 4 nitrogen and oxygen atoms in total. The third-order valence-electron chi connectivity index (χ3n) is 2.98. The van der Waals surface area contributed by atoms with Crippen LogP contribution in [0.3, 0.4) is 0 Å². The van der Waals surface area contributed by atoms with Crippen LogP contribution >= 0.6 is 22.7 Å². The summed E-state index contributed by atoms with van der Waals surface area (Å²) in [6.07, 6.45) is 0. The molecule has 0 atom stereocenters. The van der Waals surface area contributed by atoms with Crippen molar-refractivity contribution in [1.82, 2.24) is 4.98 Å². The molecule has 112 valence electrons. The maximum Gasteiger partial charge on any atom is 0.338 e. The Labute approximate surface area is 136 Å². The van der Waals surface area contributed by atoms with Crippen molar-refractivity contribution < 1.29 is 14.3 Å². The number of esters is 1. The van der Waals surface area contributed by atoms with Crippen molar-refractivity contribution >= 4 is 28.6 Å². The number of aromatic nitrogens is 1. The summed E-state index contributed by atoms with van der Waals surface area (Å²) in [7, 11) is 1.56. The Balaban J connectivity index is 1.63. The highest BCUT2D eigenvalue weighted by molar-refractivity contribution is 7.14. The van der Waals surface area contributed by atoms with Crippen LogP contribution in [0, 0.1) is 0 Å². The zero-order valence-corrected chi connectivity index (χ0v) is 13.4. The molecule has 0 N–H and O–H groups in total. The largest absolute Gasteiger partial charge is 0.497 e. The van der Waals surface area contributed by atoms with E-state index in [1.807, 2.05) is 22.2 Å². The summed E-state index contributed by atoms with van der Waals surface area (Å²) in [5.74, 6) is 0.242. The van der Waals surface area contributed by atoms with Crippen LogP contribution < -0.4 is 4.74 Å². The van der Waals surface area contributed by atoms with E-state index in [-0.39, 0.29) is 12.6 Å². The van der Waals surface area contributed by atoms with Gasteiger partial charge in [-0.05, 0) is 29.6 Å². The standard InChI is InChI=1S/C16H13NO3S2/c1-19-14-4-2-3-11(7-14)16(18)20-8-13-10-22-15(17-13)12-5-6-21-9-12/h2-7,9-10H,8H2,1H3. The molecular formula is C16H13NO3S2. The topological polar surface area (TPSA) is 48.4 Å². The smallest absolute Gasteiger partial charge is 0.338 e. The molecule has 0 spiro atoms. The molecule has 0 amide bonds. The number of hydrogen-bond acceptors (Lipinski definition) is 6. The number of ether oxygens (including phenoxy) is 2. The first kappa shape index (κ1) is 14.7. The van der Waals surface area contributed by atoms with Crippen molar-refractivity contribution in [2.75, 3.05) is 7.11 Å². The van der Waals surface area contributed by atoms with Gasteiger partial charge < -0.3 is 9.47 Å². The van der Waals surface area contributed by atoms with Crippen LogP contribution in [-0.2, 0) is 11.3 Å². The van der Waals surface area contributed by atoms with E-state index >= 15 is 0 Å². The fourth-order valence-electron chi connectivity index (χ4n) is 1.86. The molecular weight excluding hydrogens is 318 g/mol. The lowest BCUT2D eigenvalue weighted by atomic mass is 10.2. The molecule has 0 unspecified atom stereocenters. The minimum atomic E-state index is -0.385. The second-order valence-corrected chi connectivity index (χ2v) is 6.10. The molecule has 0 radical (unpaired) electrons. The average Bonchev–Trinajstić information content (AvgIpc) is 3.23. The maximum atomic E-state index is 12.0. The zero-order valence-electron chi connectivity index (χ0n) is 11.8. The van der Waals surface area contributed by atoms with Gasteiger partial charge in [-0.3, -0.25) is 0 Å². The molecule has 0 aliphatic heterocycles. The predicted octanol–water partition coefficient (Wildman–Crippen LogP) is 4.24. The van der Waals surface area contributed by atoms with Gasteiger partial charge in [0, 0.05) is 16.3 Å². The third kappa shape index (κ3) is 3.35. The summed E-state index contributed by atoms with van der Waals surface area (Å²) < 4.78 is 10.4. The minimum Gasteiger partial charge on any atom is -0.497 e. The first-order valence-electron chi connectivity index (χ1n) is 6.54. The lowest BCUT2D eigenvalue weighted by Crippen LogP contribution is -2.05. The summed E-state index contributed by atoms with van der Waals surface area (Å²) in [5.41, 5.74) is 2.32. The van der Waals surface area contributed by atoms with Crippen LogP contribution in [0.1, 0.15) is 16.1 Å². The van der Waals surface area contributed by atoms with E-state index in [4.69, 9.17) is 9.47 Å². The van der Waals surface area contributed by atoms with Crippen LogP contribution in [0.2, 0.25) is 0 Å². The van der Waals surface area contributed by atoms with Crippen molar-refractivity contribution in [3.05, 3.63) is 57.7 Å². The van der Waals surface area contributed by atoms with E-state index < -0.39 is 0 Å². The summed E-state index contributed by atoms with van der Waals surface area (Å²) in [5, 5.41) is 6.91. The molecule has 0 aliphatic carbocycles. The molecule has 22 heavy (non-hydrogen) atoms. The monoisotopic (exact) mass is 331 g/mol. The molecule has 1 aromatic carbocycles. The summed E-state index contributed by atoms with van der Waals surface area (Å²) in [4.78, 5) is 16.5. The maximum absolute atomic E-state index is 12.0. The van der Waals surface area contributed by atoms with Crippen molar-refractivity contribution in [2.45, 2.75) is 6.61 Å². The molecule has 0 saturated heterocycles. The van der Waals surface area contributed by atoms with Crippen molar-refractivity contribution in [2.24, 2.45) is 0 Å². The predicted molar refractivity (Wildman–Crippen MR) is 87.5 cm³/mol. The lowest BCUT2D eigenvalue weighted by Gasteiger charge is -2.04. The van der Waals surface area contributed by atoms with Gasteiger partial charge in [-0.1, -0.05) is 6.07 Å². The number of methoxy groups -OCH3 is 1. The van der Waals surface area contributed by atoms with Gasteiger partial charge in [0.15, 0.2) is 0 Å². The van der Waals surface area contributed by atoms with E-state index in [1.165, 1.54) is 0 Å². The fraction of sp³-hybridized carbons (Fsp3) is 0.125. The Kier molecular flexibility index (Phi) is 4.50. The molecule has 2 aromatic heterocycles. The highest BCUT2D eigenvalue weighted by Crippen LogP contribution is 2.26. The number of benzene rings is 1. The Morgan fingerprint density at radius 1 is 1.27 bits per heavy atom. The molecule has 0 saturated carbocycles. The van der Waals surface area contributed by atoms with Gasteiger partial charge in [-0.2, -0.15) is 11.3 Å². The molecule has 0 aliphatic rings. The van der Waals surface area contributed by atoms with Gasteiger partial charge >= 0.3 is 5.97 Å². The van der Waals surface area contributed by atoms with Crippen LogP contribution in [0.5, 0.6) is 5.75 Å². The van der Waals surface area contributed by atoms with Gasteiger partial charge in [0.25, 0.3) is 0 Å². The molecule has 3 aromatic rings. The second kappa shape index (κ2) is 6.72. The number of carbonyl (C=O) groups excluding carboxylic acids is 1. The number of hydrogen-bond donors (Lipinski definition) is 0. The quantitative estimate of drug-likeness (QED) is 0.656. The minimum absolute atomic E-state index is 0.163. The zero-order chi connectivity index (χ0) is 15.4. The van der Waals surface area contributed by atoms with Crippen LogP contribution in [0.4, 0.5) is 0 Å². The Morgan fingerprint density at radius 2 is 2.18 bits per heavy atom. The number of nitrogens with zero attached hydrogens (tertiary/aromatic N) is 1. The highest BCUT2D eigenvalue weighted by atomic mass is 32.1. The highest BCUT2D eigenvalue weighted by Gasteiger charge is 2.10. The van der Waals surface area contributed by atoms with Crippen LogP contribution in [-0.4, -0.2) is 18.1 Å². The normalized spacial score (nSPS) is 10.4. The first-order valence-corrected chi connectivity index (χ1v) is 8.36. The van der Waals surface area contributed by atoms with Crippen LogP contribution in [0.15, 0.2) is 46.5 Å². The van der Waals surface area contributed by atoms with Crippen LogP contribution in [0.25, 0.3) is 10.6 Å². The molecule has 6 heteroatoms. The van der Waals surface area contributed by atoms with Crippen molar-refractivity contribution in [3.63, 3.8) is 0 Å². The van der Waals surface area contributed by atoms with E-state index in [0.717, 1.165) is 16.3 Å². The summed E-state index contributed by atoms with van der Waals surface area (Å²) >= 11 is 3.18. The molecule has 0 fully saturated rings. The fourth-order valence-corrected chi connectivity index (χ4v) is 3.38. The van der Waals surface area contributed by atoms with Crippen molar-refractivity contribution in [3.8, 4) is 16.3 Å². The van der Waals surface area contributed by atoms with E-state index in [2.05, 4.69) is 4.98 Å². The van der Waals surface area contributed by atoms with Gasteiger partial charge in [0.2, 0.25) is 0 Å². The van der Waals surface area contributed by atoms with E-state index in [0.29, 0.717) is 11.3 Å². The SMILES string of the molecule is COc1cccc(C(=O)OCc2csc(-c3ccsc3)n2)c1. The van der Waals surface area contributed by atoms with Gasteiger partial charge in [0.1, 0.15) is 17.4 Å². The second-order valence-electron chi connectivity index (χ2n) is 4.46. The molecule has 3 rings (SSSR count). The number of carbonyl (C=O) groups is 1. The van der Waals surface area contributed by atoms with Gasteiger partial charge in [0.05, 0.1) is 18.4 Å². The van der Waals surface area contributed by atoms with E-state index in [1.54, 1.807) is 54.0 Å². The summed E-state index contributed by atoms with van der Waals surface area (Å²) in [6.45, 7) is 0.163. The molecule has 0 bridgehead atoms. The Morgan fingerprint density at radius 3 is 2.95 bits per heavy atom.